The third kappa shape index (κ3) is 5.23. The molecule has 0 bridgehead atoms. The van der Waals surface area contributed by atoms with Crippen LogP contribution in [0, 0.1) is 0 Å². The van der Waals surface area contributed by atoms with Crippen LogP contribution in [0.4, 0.5) is 0 Å². The second-order valence-corrected chi connectivity index (χ2v) is 5.79. The van der Waals surface area contributed by atoms with Crippen LogP contribution in [-0.4, -0.2) is 37.9 Å². The van der Waals surface area contributed by atoms with Crippen molar-refractivity contribution in [3.63, 3.8) is 0 Å². The molecule has 2 aromatic rings. The fourth-order valence-corrected chi connectivity index (χ4v) is 2.24. The van der Waals surface area contributed by atoms with Gasteiger partial charge in [-0.1, -0.05) is 54.1 Å². The molecule has 0 N–H and O–H groups in total. The van der Waals surface area contributed by atoms with Crippen LogP contribution in [-0.2, 0) is 0 Å². The number of hydrogen-bond acceptors (Lipinski definition) is 3. The summed E-state index contributed by atoms with van der Waals surface area (Å²) in [5, 5.41) is 0.438. The van der Waals surface area contributed by atoms with Crippen molar-refractivity contribution < 1.29 is 9.53 Å². The minimum Gasteiger partial charge on any atom is -0.488 e. The summed E-state index contributed by atoms with van der Waals surface area (Å²) in [5.74, 6) is 0.524. The molecule has 23 heavy (non-hydrogen) atoms. The molecular weight excluding hydrogens is 310 g/mol. The number of nitrogens with zero attached hydrogens (tertiary/aromatic N) is 1. The van der Waals surface area contributed by atoms with Gasteiger partial charge in [0.15, 0.2) is 5.78 Å². The van der Waals surface area contributed by atoms with Gasteiger partial charge in [-0.3, -0.25) is 4.79 Å². The van der Waals surface area contributed by atoms with Crippen molar-refractivity contribution in [2.45, 2.75) is 0 Å². The van der Waals surface area contributed by atoms with E-state index in [2.05, 4.69) is 4.90 Å². The van der Waals surface area contributed by atoms with Gasteiger partial charge in [-0.2, -0.15) is 0 Å². The van der Waals surface area contributed by atoms with Crippen molar-refractivity contribution in [2.75, 3.05) is 27.2 Å². The second-order valence-electron chi connectivity index (χ2n) is 5.39. The molecule has 2 rings (SSSR count). The summed E-state index contributed by atoms with van der Waals surface area (Å²) in [7, 11) is 4.01. The zero-order valence-electron chi connectivity index (χ0n) is 13.3. The van der Waals surface area contributed by atoms with E-state index in [1.54, 1.807) is 30.3 Å². The largest absolute Gasteiger partial charge is 0.488 e. The quantitative estimate of drug-likeness (QED) is 0.566. The Labute approximate surface area is 142 Å². The van der Waals surface area contributed by atoms with Gasteiger partial charge in [0.2, 0.25) is 0 Å². The number of rotatable bonds is 7. The molecule has 0 spiro atoms. The van der Waals surface area contributed by atoms with E-state index >= 15 is 0 Å². The van der Waals surface area contributed by atoms with E-state index in [1.165, 1.54) is 0 Å². The monoisotopic (exact) mass is 329 g/mol. The number of carbonyl (C=O) groups is 1. The van der Waals surface area contributed by atoms with Crippen LogP contribution in [0.25, 0.3) is 0 Å². The third-order valence-corrected chi connectivity index (χ3v) is 3.50. The van der Waals surface area contributed by atoms with E-state index in [1.807, 2.05) is 44.4 Å². The fraction of sp³-hybridized carbons (Fsp3) is 0.211. The molecule has 0 heterocycles. The van der Waals surface area contributed by atoms with Gasteiger partial charge in [-0.25, -0.2) is 0 Å². The molecule has 4 heteroatoms. The van der Waals surface area contributed by atoms with Gasteiger partial charge in [0.1, 0.15) is 12.4 Å². The third-order valence-electron chi connectivity index (χ3n) is 3.20. The maximum absolute atomic E-state index is 12.4. The lowest BCUT2D eigenvalue weighted by Gasteiger charge is -2.08. The van der Waals surface area contributed by atoms with Crippen molar-refractivity contribution in [2.24, 2.45) is 0 Å². The minimum atomic E-state index is -0.0510. The highest BCUT2D eigenvalue weighted by Crippen LogP contribution is 2.26. The van der Waals surface area contributed by atoms with Crippen LogP contribution in [0.2, 0.25) is 5.02 Å². The molecule has 0 aliphatic heterocycles. The lowest BCUT2D eigenvalue weighted by molar-refractivity contribution is 0.103. The van der Waals surface area contributed by atoms with Crippen LogP contribution < -0.4 is 4.74 Å². The Morgan fingerprint density at radius 1 is 1.09 bits per heavy atom. The molecule has 0 radical (unpaired) electrons. The van der Waals surface area contributed by atoms with Gasteiger partial charge in [0, 0.05) is 17.7 Å². The molecular formula is C19H20ClNO2. The fourth-order valence-electron chi connectivity index (χ4n) is 2.01. The number of ether oxygens (including phenoxy) is 1. The Morgan fingerprint density at radius 2 is 1.83 bits per heavy atom. The smallest absolute Gasteiger partial charge is 0.193 e. The molecule has 0 aliphatic carbocycles. The Kier molecular flexibility index (Phi) is 6.39. The van der Waals surface area contributed by atoms with E-state index < -0.39 is 0 Å². The maximum Gasteiger partial charge on any atom is 0.193 e. The van der Waals surface area contributed by atoms with Crippen molar-refractivity contribution in [3.05, 3.63) is 76.8 Å². The van der Waals surface area contributed by atoms with E-state index in [4.69, 9.17) is 16.3 Å². The first kappa shape index (κ1) is 17.3. The first-order valence-electron chi connectivity index (χ1n) is 7.40. The Hall–Kier alpha value is -2.10. The maximum atomic E-state index is 12.4. The molecule has 0 saturated carbocycles. The van der Waals surface area contributed by atoms with Gasteiger partial charge < -0.3 is 9.64 Å². The van der Waals surface area contributed by atoms with Crippen molar-refractivity contribution >= 4 is 17.4 Å². The Balaban J connectivity index is 2.01. The summed E-state index contributed by atoms with van der Waals surface area (Å²) < 4.78 is 5.61. The highest BCUT2D eigenvalue weighted by molar-refractivity contribution is 6.32. The summed E-state index contributed by atoms with van der Waals surface area (Å²) in [6.07, 6.45) is 3.97. The summed E-state index contributed by atoms with van der Waals surface area (Å²) in [6.45, 7) is 1.31. The van der Waals surface area contributed by atoms with E-state index in [-0.39, 0.29) is 5.78 Å². The summed E-state index contributed by atoms with van der Waals surface area (Å²) in [5.41, 5.74) is 1.19. The van der Waals surface area contributed by atoms with Crippen molar-refractivity contribution in [1.82, 2.24) is 4.90 Å². The van der Waals surface area contributed by atoms with Gasteiger partial charge in [0.25, 0.3) is 0 Å². The van der Waals surface area contributed by atoms with Gasteiger partial charge in [-0.05, 0) is 32.3 Å². The Bertz CT molecular complexity index is 681. The SMILES string of the molecule is CN(C)C/C=C/COc1ccc(C(=O)c2ccccc2)cc1Cl. The molecule has 0 fully saturated rings. The molecule has 120 valence electrons. The van der Waals surface area contributed by atoms with Crippen LogP contribution in [0.15, 0.2) is 60.7 Å². The lowest BCUT2D eigenvalue weighted by Crippen LogP contribution is -2.10. The average molecular weight is 330 g/mol. The first-order chi connectivity index (χ1) is 11.1. The molecule has 0 amide bonds. The van der Waals surface area contributed by atoms with E-state index in [9.17, 15) is 4.79 Å². The highest BCUT2D eigenvalue weighted by atomic mass is 35.5. The van der Waals surface area contributed by atoms with E-state index in [0.717, 1.165) is 6.54 Å². The topological polar surface area (TPSA) is 29.5 Å². The molecule has 0 aromatic heterocycles. The number of hydrogen-bond donors (Lipinski definition) is 0. The first-order valence-corrected chi connectivity index (χ1v) is 7.77. The van der Waals surface area contributed by atoms with Gasteiger partial charge in [0.05, 0.1) is 5.02 Å². The average Bonchev–Trinajstić information content (AvgIpc) is 2.55. The molecule has 2 aromatic carbocycles. The zero-order chi connectivity index (χ0) is 16.7. The van der Waals surface area contributed by atoms with Crippen LogP contribution in [0.1, 0.15) is 15.9 Å². The predicted molar refractivity (Wildman–Crippen MR) is 94.5 cm³/mol. The normalized spacial score (nSPS) is 11.1. The number of likely N-dealkylation sites (N-methyl/N-ethyl adjacent to an activating group) is 1. The van der Waals surface area contributed by atoms with E-state index in [0.29, 0.717) is 28.5 Å². The predicted octanol–water partition coefficient (Wildman–Crippen LogP) is 4.07. The summed E-state index contributed by atoms with van der Waals surface area (Å²) in [4.78, 5) is 14.4. The number of halogens is 1. The molecule has 0 unspecified atom stereocenters. The summed E-state index contributed by atoms with van der Waals surface area (Å²) >= 11 is 6.21. The van der Waals surface area contributed by atoms with Crippen LogP contribution in [0.5, 0.6) is 5.75 Å². The Morgan fingerprint density at radius 3 is 2.48 bits per heavy atom. The van der Waals surface area contributed by atoms with Crippen LogP contribution >= 0.6 is 11.6 Å². The van der Waals surface area contributed by atoms with Crippen LogP contribution in [0.3, 0.4) is 0 Å². The van der Waals surface area contributed by atoms with Crippen molar-refractivity contribution in [1.29, 1.82) is 0 Å². The zero-order valence-corrected chi connectivity index (χ0v) is 14.1. The van der Waals surface area contributed by atoms with Crippen molar-refractivity contribution in [3.8, 4) is 5.75 Å². The highest BCUT2D eigenvalue weighted by Gasteiger charge is 2.11. The van der Waals surface area contributed by atoms with Gasteiger partial charge >= 0.3 is 0 Å². The standard InChI is InChI=1S/C19H20ClNO2/c1-21(2)12-6-7-13-23-18-11-10-16(14-17(18)20)19(22)15-8-4-3-5-9-15/h3-11,14H,12-13H2,1-2H3/b7-6+. The van der Waals surface area contributed by atoms with Gasteiger partial charge in [-0.15, -0.1) is 0 Å². The minimum absolute atomic E-state index is 0.0510. The molecule has 0 atom stereocenters. The molecule has 0 saturated heterocycles. The number of carbonyl (C=O) groups excluding carboxylic acids is 1. The molecule has 3 nitrogen and oxygen atoms in total. The second kappa shape index (κ2) is 8.51. The number of ketones is 1. The summed E-state index contributed by atoms with van der Waals surface area (Å²) in [6, 6.07) is 14.3. The number of benzene rings is 2. The lowest BCUT2D eigenvalue weighted by atomic mass is 10.0. The molecule has 0 aliphatic rings.